The minimum Gasteiger partial charge on any atom is -0.341 e. The van der Waals surface area contributed by atoms with Crippen molar-refractivity contribution in [1.82, 2.24) is 19.2 Å². The fourth-order valence-corrected chi connectivity index (χ4v) is 6.78. The molecule has 1 aromatic carbocycles. The Balaban J connectivity index is 1.64. The van der Waals surface area contributed by atoms with Gasteiger partial charge in [0.25, 0.3) is 0 Å². The third-order valence-electron chi connectivity index (χ3n) is 6.93. The lowest BCUT2D eigenvalue weighted by Crippen LogP contribution is -2.50. The summed E-state index contributed by atoms with van der Waals surface area (Å²) in [4.78, 5) is 23.5. The van der Waals surface area contributed by atoms with Crippen LogP contribution in [0.1, 0.15) is 49.8 Å². The maximum atomic E-state index is 13.9. The number of aryl methyl sites for hydroxylation is 2. The highest BCUT2D eigenvalue weighted by Gasteiger charge is 2.44. The Hall–Kier alpha value is -2.46. The average Bonchev–Trinajstić information content (AvgIpc) is 3.29. The van der Waals surface area contributed by atoms with E-state index in [4.69, 9.17) is 0 Å². The molecule has 1 saturated carbocycles. The molecule has 2 heterocycles. The van der Waals surface area contributed by atoms with Crippen LogP contribution in [-0.4, -0.2) is 65.1 Å². The molecule has 2 fully saturated rings. The summed E-state index contributed by atoms with van der Waals surface area (Å²) >= 11 is 0. The summed E-state index contributed by atoms with van der Waals surface area (Å²) < 4.78 is 56.1. The van der Waals surface area contributed by atoms with Gasteiger partial charge in [0.1, 0.15) is 6.04 Å². The maximum absolute atomic E-state index is 13.9. The zero-order valence-electron chi connectivity index (χ0n) is 19.7. The Morgan fingerprint density at radius 3 is 2.47 bits per heavy atom. The molecule has 34 heavy (non-hydrogen) atoms. The number of nitrogens with zero attached hydrogens (tertiary/aromatic N) is 4. The SMILES string of the molecule is Cc1ccc(S(=O)(=O)N2CCC[C@H]2C(=O)N(C)C2CCC(F)(F)CC2)c(-c2nccnc2C)c1. The predicted molar refractivity (Wildman–Crippen MR) is 124 cm³/mol. The third kappa shape index (κ3) is 4.70. The van der Waals surface area contributed by atoms with Crippen molar-refractivity contribution in [3.8, 4) is 11.3 Å². The number of alkyl halides is 2. The minimum absolute atomic E-state index is 0.0846. The molecule has 1 atom stereocenters. The van der Waals surface area contributed by atoms with Crippen molar-refractivity contribution in [1.29, 1.82) is 0 Å². The smallest absolute Gasteiger partial charge is 0.248 e. The number of benzene rings is 1. The number of carbonyl (C=O) groups excluding carboxylic acids is 1. The van der Waals surface area contributed by atoms with Gasteiger partial charge < -0.3 is 4.90 Å². The van der Waals surface area contributed by atoms with Crippen molar-refractivity contribution in [2.45, 2.75) is 75.3 Å². The van der Waals surface area contributed by atoms with E-state index in [1.807, 2.05) is 6.92 Å². The van der Waals surface area contributed by atoms with Gasteiger partial charge in [-0.05, 0) is 51.7 Å². The maximum Gasteiger partial charge on any atom is 0.248 e. The van der Waals surface area contributed by atoms with Gasteiger partial charge in [-0.2, -0.15) is 4.31 Å². The van der Waals surface area contributed by atoms with E-state index < -0.39 is 22.0 Å². The van der Waals surface area contributed by atoms with Crippen molar-refractivity contribution in [2.75, 3.05) is 13.6 Å². The Kier molecular flexibility index (Phi) is 6.74. The highest BCUT2D eigenvalue weighted by atomic mass is 32.2. The van der Waals surface area contributed by atoms with Crippen molar-refractivity contribution in [2.24, 2.45) is 0 Å². The number of halogens is 2. The number of rotatable bonds is 5. The zero-order valence-corrected chi connectivity index (χ0v) is 20.5. The highest BCUT2D eigenvalue weighted by molar-refractivity contribution is 7.89. The molecule has 4 rings (SSSR count). The summed E-state index contributed by atoms with van der Waals surface area (Å²) in [5.74, 6) is -3.02. The van der Waals surface area contributed by atoms with Crippen LogP contribution in [0.3, 0.4) is 0 Å². The molecule has 0 spiro atoms. The number of hydrogen-bond donors (Lipinski definition) is 0. The lowest BCUT2D eigenvalue weighted by Gasteiger charge is -2.37. The first-order valence-corrected chi connectivity index (χ1v) is 13.0. The summed E-state index contributed by atoms with van der Waals surface area (Å²) in [6, 6.07) is 3.89. The van der Waals surface area contributed by atoms with E-state index in [0.29, 0.717) is 29.8 Å². The Morgan fingerprint density at radius 1 is 1.12 bits per heavy atom. The largest absolute Gasteiger partial charge is 0.341 e. The van der Waals surface area contributed by atoms with E-state index in [0.717, 1.165) is 5.56 Å². The number of hydrogen-bond acceptors (Lipinski definition) is 5. The lowest BCUT2D eigenvalue weighted by molar-refractivity contribution is -0.138. The molecule has 184 valence electrons. The van der Waals surface area contributed by atoms with Gasteiger partial charge >= 0.3 is 0 Å². The van der Waals surface area contributed by atoms with Crippen LogP contribution in [0.15, 0.2) is 35.5 Å². The molecule has 1 aliphatic heterocycles. The van der Waals surface area contributed by atoms with Crippen molar-refractivity contribution < 1.29 is 22.0 Å². The molecule has 2 aromatic rings. The number of carbonyl (C=O) groups is 1. The molecule has 0 unspecified atom stereocenters. The second kappa shape index (κ2) is 9.30. The molecule has 1 saturated heterocycles. The highest BCUT2D eigenvalue weighted by Crippen LogP contribution is 2.37. The van der Waals surface area contributed by atoms with E-state index in [2.05, 4.69) is 9.97 Å². The van der Waals surface area contributed by atoms with Crippen LogP contribution >= 0.6 is 0 Å². The number of aromatic nitrogens is 2. The van der Waals surface area contributed by atoms with E-state index in [-0.39, 0.29) is 49.1 Å². The lowest BCUT2D eigenvalue weighted by atomic mass is 9.91. The summed E-state index contributed by atoms with van der Waals surface area (Å²) in [6.07, 6.45) is 3.93. The second-order valence-corrected chi connectivity index (χ2v) is 11.2. The fraction of sp³-hybridized carbons (Fsp3) is 0.542. The molecule has 10 heteroatoms. The van der Waals surface area contributed by atoms with Crippen LogP contribution in [0, 0.1) is 13.8 Å². The summed E-state index contributed by atoms with van der Waals surface area (Å²) in [5.41, 5.74) is 2.41. The van der Waals surface area contributed by atoms with Crippen LogP contribution < -0.4 is 0 Å². The van der Waals surface area contributed by atoms with Gasteiger partial charge in [0.15, 0.2) is 0 Å². The Bertz CT molecular complexity index is 1180. The van der Waals surface area contributed by atoms with Crippen molar-refractivity contribution in [3.05, 3.63) is 41.9 Å². The molecular formula is C24H30F2N4O3S. The quantitative estimate of drug-likeness (QED) is 0.631. The molecule has 0 N–H and O–H groups in total. The summed E-state index contributed by atoms with van der Waals surface area (Å²) in [6.45, 7) is 3.87. The van der Waals surface area contributed by atoms with Crippen LogP contribution in [0.25, 0.3) is 11.3 Å². The standard InChI is InChI=1S/C24H30F2N4O3S/c1-16-6-7-21(19(15-16)22-17(2)27-12-13-28-22)34(32,33)30-14-4-5-20(30)23(31)29(3)18-8-10-24(25,26)11-9-18/h6-7,12-13,15,18,20H,4-5,8-11,14H2,1-3H3/t20-/m0/s1. The topological polar surface area (TPSA) is 83.5 Å². The van der Waals surface area contributed by atoms with Gasteiger partial charge in [-0.25, -0.2) is 17.2 Å². The molecule has 1 aromatic heterocycles. The Morgan fingerprint density at radius 2 is 1.79 bits per heavy atom. The normalized spacial score (nSPS) is 21.5. The molecule has 1 amide bonds. The number of amides is 1. The van der Waals surface area contributed by atoms with Gasteiger partial charge in [-0.3, -0.25) is 14.8 Å². The van der Waals surface area contributed by atoms with Crippen LogP contribution in [0.2, 0.25) is 0 Å². The van der Waals surface area contributed by atoms with Crippen molar-refractivity contribution >= 4 is 15.9 Å². The van der Waals surface area contributed by atoms with E-state index in [1.54, 1.807) is 38.4 Å². The monoisotopic (exact) mass is 492 g/mol. The van der Waals surface area contributed by atoms with E-state index >= 15 is 0 Å². The zero-order chi connectivity index (χ0) is 24.7. The third-order valence-corrected chi connectivity index (χ3v) is 8.90. The van der Waals surface area contributed by atoms with Gasteiger partial charge in [0.2, 0.25) is 21.9 Å². The van der Waals surface area contributed by atoms with Gasteiger partial charge in [-0.1, -0.05) is 11.6 Å². The second-order valence-electron chi connectivity index (χ2n) is 9.30. The number of likely N-dealkylation sites (N-methyl/N-ethyl adjacent to an activating group) is 1. The number of sulfonamides is 1. The van der Waals surface area contributed by atoms with Crippen LogP contribution in [0.5, 0.6) is 0 Å². The summed E-state index contributed by atoms with van der Waals surface area (Å²) in [7, 11) is -2.43. The molecule has 0 bridgehead atoms. The molecular weight excluding hydrogens is 462 g/mol. The van der Waals surface area contributed by atoms with Crippen LogP contribution in [0.4, 0.5) is 8.78 Å². The van der Waals surface area contributed by atoms with Gasteiger partial charge in [-0.15, -0.1) is 0 Å². The average molecular weight is 493 g/mol. The van der Waals surface area contributed by atoms with E-state index in [1.165, 1.54) is 15.4 Å². The van der Waals surface area contributed by atoms with Crippen molar-refractivity contribution in [3.63, 3.8) is 0 Å². The van der Waals surface area contributed by atoms with E-state index in [9.17, 15) is 22.0 Å². The molecule has 1 aliphatic carbocycles. The minimum atomic E-state index is -4.03. The Labute approximate surface area is 199 Å². The first kappa shape index (κ1) is 24.7. The van der Waals surface area contributed by atoms with Crippen LogP contribution in [-0.2, 0) is 14.8 Å². The fourth-order valence-electron chi connectivity index (χ4n) is 4.95. The van der Waals surface area contributed by atoms with Gasteiger partial charge in [0, 0.05) is 50.4 Å². The first-order valence-electron chi connectivity index (χ1n) is 11.6. The van der Waals surface area contributed by atoms with Gasteiger partial charge in [0.05, 0.1) is 16.3 Å². The summed E-state index contributed by atoms with van der Waals surface area (Å²) in [5, 5.41) is 0. The molecule has 7 nitrogen and oxygen atoms in total. The first-order chi connectivity index (χ1) is 16.0. The molecule has 0 radical (unpaired) electrons. The molecule has 2 aliphatic rings. The predicted octanol–water partition coefficient (Wildman–Crippen LogP) is 3.95.